The van der Waals surface area contributed by atoms with E-state index in [1.165, 1.54) is 30.2 Å². The highest BCUT2D eigenvalue weighted by Gasteiger charge is 2.41. The first-order valence-electron chi connectivity index (χ1n) is 10.1. The summed E-state index contributed by atoms with van der Waals surface area (Å²) in [5.74, 6) is -0.00847. The number of methoxy groups -OCH3 is 2. The number of benzene rings is 1. The van der Waals surface area contributed by atoms with E-state index in [1.54, 1.807) is 12.0 Å². The van der Waals surface area contributed by atoms with E-state index in [9.17, 15) is 14.9 Å². The van der Waals surface area contributed by atoms with Crippen molar-refractivity contribution in [2.45, 2.75) is 29.5 Å². The summed E-state index contributed by atoms with van der Waals surface area (Å²) in [6.07, 6.45) is 1.70. The lowest BCUT2D eigenvalue weighted by Crippen LogP contribution is -2.38. The first-order valence-corrected chi connectivity index (χ1v) is 11.9. The molecule has 0 saturated heterocycles. The number of rotatable bonds is 6. The summed E-state index contributed by atoms with van der Waals surface area (Å²) in [5, 5.41) is 18.9. The number of nitriles is 1. The molecule has 0 bridgehead atoms. The summed E-state index contributed by atoms with van der Waals surface area (Å²) >= 11 is 2.44. The van der Waals surface area contributed by atoms with Gasteiger partial charge in [0, 0.05) is 17.7 Å². The molecule has 33 heavy (non-hydrogen) atoms. The van der Waals surface area contributed by atoms with Gasteiger partial charge in [0.25, 0.3) is 0 Å². The second kappa shape index (κ2) is 9.64. The molecule has 2 heterocycles. The Balaban J connectivity index is 1.80. The zero-order chi connectivity index (χ0) is 23.5. The van der Waals surface area contributed by atoms with Crippen molar-refractivity contribution >= 4 is 40.0 Å². The van der Waals surface area contributed by atoms with Gasteiger partial charge in [0.1, 0.15) is 11.6 Å². The molecule has 0 radical (unpaired) electrons. The molecule has 11 heteroatoms. The van der Waals surface area contributed by atoms with Gasteiger partial charge in [-0.2, -0.15) is 5.26 Å². The van der Waals surface area contributed by atoms with Crippen LogP contribution >= 0.6 is 23.1 Å². The number of thioether (sulfide) groups is 1. The molecule has 4 rings (SSSR count). The van der Waals surface area contributed by atoms with Crippen molar-refractivity contribution < 1.29 is 19.1 Å². The molecule has 0 spiro atoms. The van der Waals surface area contributed by atoms with E-state index in [2.05, 4.69) is 21.0 Å². The number of carbonyl (C=O) groups excluding carboxylic acids is 2. The maximum Gasteiger partial charge on any atom is 0.316 e. The van der Waals surface area contributed by atoms with Gasteiger partial charge in [0.05, 0.1) is 37.5 Å². The molecule has 170 valence electrons. The SMILES string of the molecule is COC(=O)CSc1nnc(N2C(N)=C(C#N)C(c3cccc(OC)c3)C3=C2CCCC3=O)s1. The molecule has 2 aromatic rings. The lowest BCUT2D eigenvalue weighted by atomic mass is 9.76. The second-order valence-electron chi connectivity index (χ2n) is 7.31. The van der Waals surface area contributed by atoms with E-state index in [1.807, 2.05) is 24.3 Å². The van der Waals surface area contributed by atoms with E-state index in [4.69, 9.17) is 10.5 Å². The zero-order valence-electron chi connectivity index (χ0n) is 18.0. The average molecular weight is 484 g/mol. The molecule has 1 aromatic carbocycles. The lowest BCUT2D eigenvalue weighted by Gasteiger charge is -2.38. The first kappa shape index (κ1) is 22.8. The van der Waals surface area contributed by atoms with Gasteiger partial charge in [-0.05, 0) is 30.5 Å². The van der Waals surface area contributed by atoms with Crippen molar-refractivity contribution in [2.24, 2.45) is 5.73 Å². The van der Waals surface area contributed by atoms with Crippen LogP contribution in [-0.2, 0) is 14.3 Å². The summed E-state index contributed by atoms with van der Waals surface area (Å²) in [5.41, 5.74) is 8.86. The van der Waals surface area contributed by atoms with E-state index in [0.717, 1.165) is 11.3 Å². The van der Waals surface area contributed by atoms with Gasteiger partial charge in [-0.1, -0.05) is 35.2 Å². The highest BCUT2D eigenvalue weighted by atomic mass is 32.2. The fraction of sp³-hybridized carbons (Fsp3) is 0.318. The van der Waals surface area contributed by atoms with Gasteiger partial charge >= 0.3 is 5.97 Å². The van der Waals surface area contributed by atoms with E-state index in [-0.39, 0.29) is 28.9 Å². The fourth-order valence-electron chi connectivity index (χ4n) is 3.99. The molecule has 0 saturated carbocycles. The molecule has 2 N–H and O–H groups in total. The maximum atomic E-state index is 13.2. The third-order valence-corrected chi connectivity index (χ3v) is 7.48. The first-order chi connectivity index (χ1) is 16.0. The third-order valence-electron chi connectivity index (χ3n) is 5.47. The Hall–Kier alpha value is -3.36. The topological polar surface area (TPSA) is 131 Å². The van der Waals surface area contributed by atoms with E-state index >= 15 is 0 Å². The number of aromatic nitrogens is 2. The lowest BCUT2D eigenvalue weighted by molar-refractivity contribution is -0.137. The Morgan fingerprint density at radius 2 is 2.18 bits per heavy atom. The average Bonchev–Trinajstić information content (AvgIpc) is 3.30. The summed E-state index contributed by atoms with van der Waals surface area (Å²) < 4.78 is 10.6. The van der Waals surface area contributed by atoms with Crippen molar-refractivity contribution in [1.29, 1.82) is 5.26 Å². The van der Waals surface area contributed by atoms with Crippen LogP contribution in [0.2, 0.25) is 0 Å². The van der Waals surface area contributed by atoms with Crippen LogP contribution in [0.4, 0.5) is 5.13 Å². The second-order valence-corrected chi connectivity index (χ2v) is 9.49. The fourth-order valence-corrected chi connectivity index (χ4v) is 5.70. The molecule has 2 aliphatic rings. The highest BCUT2D eigenvalue weighted by Crippen LogP contribution is 2.47. The number of anilines is 1. The molecule has 1 aliphatic carbocycles. The van der Waals surface area contributed by atoms with Crippen molar-refractivity contribution in [3.63, 3.8) is 0 Å². The number of ether oxygens (including phenoxy) is 2. The molecule has 0 fully saturated rings. The predicted molar refractivity (Wildman–Crippen MR) is 124 cm³/mol. The molecule has 0 amide bonds. The number of ketones is 1. The zero-order valence-corrected chi connectivity index (χ0v) is 19.7. The van der Waals surface area contributed by atoms with Crippen LogP contribution in [0, 0.1) is 11.3 Å². The van der Waals surface area contributed by atoms with E-state index in [0.29, 0.717) is 40.1 Å². The van der Waals surface area contributed by atoms with Crippen molar-refractivity contribution in [1.82, 2.24) is 10.2 Å². The smallest absolute Gasteiger partial charge is 0.316 e. The number of hydrogen-bond acceptors (Lipinski definition) is 11. The van der Waals surface area contributed by atoms with Gasteiger partial charge in [-0.25, -0.2) is 0 Å². The van der Waals surface area contributed by atoms with Gasteiger partial charge in [0.2, 0.25) is 5.13 Å². The molecular weight excluding hydrogens is 462 g/mol. The summed E-state index contributed by atoms with van der Waals surface area (Å²) in [4.78, 5) is 26.3. The van der Waals surface area contributed by atoms with Crippen molar-refractivity contribution in [2.75, 3.05) is 24.9 Å². The number of allylic oxidation sites excluding steroid dienone is 3. The minimum atomic E-state index is -0.578. The summed E-state index contributed by atoms with van der Waals surface area (Å²) in [6.45, 7) is 0. The Morgan fingerprint density at radius 3 is 2.91 bits per heavy atom. The largest absolute Gasteiger partial charge is 0.497 e. The molecule has 1 aromatic heterocycles. The third kappa shape index (κ3) is 4.31. The highest BCUT2D eigenvalue weighted by molar-refractivity contribution is 8.01. The molecule has 1 unspecified atom stereocenters. The number of nitrogens with zero attached hydrogens (tertiary/aromatic N) is 4. The number of hydrogen-bond donors (Lipinski definition) is 1. The van der Waals surface area contributed by atoms with Crippen LogP contribution in [0.5, 0.6) is 5.75 Å². The Morgan fingerprint density at radius 1 is 1.36 bits per heavy atom. The number of esters is 1. The maximum absolute atomic E-state index is 13.2. The number of Topliss-reactive ketones (excluding diaryl/α,β-unsaturated/α-hetero) is 1. The minimum absolute atomic E-state index is 0.0147. The predicted octanol–water partition coefficient (Wildman–Crippen LogP) is 3.12. The van der Waals surface area contributed by atoms with Gasteiger partial charge in [-0.3, -0.25) is 14.5 Å². The Labute approximate surface area is 198 Å². The summed E-state index contributed by atoms with van der Waals surface area (Å²) in [7, 11) is 2.89. The van der Waals surface area contributed by atoms with Gasteiger partial charge < -0.3 is 15.2 Å². The standard InChI is InChI=1S/C22H21N5O4S2/c1-30-13-6-3-5-12(9-13)18-14(10-23)20(24)27(15-7-4-8-16(28)19(15)18)21-25-26-22(33-21)32-11-17(29)31-2/h3,5-6,9,18H,4,7-8,11,24H2,1-2H3. The van der Waals surface area contributed by atoms with E-state index < -0.39 is 5.92 Å². The van der Waals surface area contributed by atoms with Crippen LogP contribution < -0.4 is 15.4 Å². The molecule has 9 nitrogen and oxygen atoms in total. The van der Waals surface area contributed by atoms with Gasteiger partial charge in [-0.15, -0.1) is 10.2 Å². The van der Waals surface area contributed by atoms with Crippen LogP contribution in [0.3, 0.4) is 0 Å². The van der Waals surface area contributed by atoms with Crippen LogP contribution in [-0.4, -0.2) is 41.9 Å². The number of carbonyl (C=O) groups is 2. The Kier molecular flexibility index (Phi) is 6.67. The monoisotopic (exact) mass is 483 g/mol. The van der Waals surface area contributed by atoms with Crippen molar-refractivity contribution in [3.8, 4) is 11.8 Å². The van der Waals surface area contributed by atoms with Crippen molar-refractivity contribution in [3.05, 3.63) is 52.5 Å². The number of nitrogens with two attached hydrogens (primary N) is 1. The minimum Gasteiger partial charge on any atom is -0.497 e. The normalized spacial score (nSPS) is 18.2. The molecule has 1 aliphatic heterocycles. The summed E-state index contributed by atoms with van der Waals surface area (Å²) in [6, 6.07) is 9.55. The van der Waals surface area contributed by atoms with Gasteiger partial charge in [0.15, 0.2) is 10.1 Å². The Bertz CT molecular complexity index is 1210. The molecule has 1 atom stereocenters. The van der Waals surface area contributed by atoms with Crippen LogP contribution in [0.1, 0.15) is 30.7 Å². The van der Waals surface area contributed by atoms with Crippen LogP contribution in [0.15, 0.2) is 51.3 Å². The molecular formula is C22H21N5O4S2. The van der Waals surface area contributed by atoms with Crippen LogP contribution in [0.25, 0.3) is 0 Å². The quantitative estimate of drug-likeness (QED) is 0.483.